The van der Waals surface area contributed by atoms with Crippen LogP contribution in [0.4, 0.5) is 13.2 Å². The molecular formula is C12H17F3N4O2. The first-order valence-corrected chi connectivity index (χ1v) is 6.56. The van der Waals surface area contributed by atoms with Crippen molar-refractivity contribution in [1.29, 1.82) is 0 Å². The summed E-state index contributed by atoms with van der Waals surface area (Å²) >= 11 is 0. The van der Waals surface area contributed by atoms with Gasteiger partial charge in [-0.2, -0.15) is 13.2 Å². The lowest BCUT2D eigenvalue weighted by Gasteiger charge is -2.30. The van der Waals surface area contributed by atoms with Gasteiger partial charge in [-0.25, -0.2) is 0 Å². The van der Waals surface area contributed by atoms with Crippen LogP contribution < -0.4 is 0 Å². The van der Waals surface area contributed by atoms with Gasteiger partial charge >= 0.3 is 12.1 Å². The second-order valence-electron chi connectivity index (χ2n) is 5.80. The van der Waals surface area contributed by atoms with Gasteiger partial charge in [0, 0.05) is 13.1 Å². The molecule has 6 nitrogen and oxygen atoms in total. The average molecular weight is 306 g/mol. The third-order valence-corrected chi connectivity index (χ3v) is 3.72. The molecular weight excluding hydrogens is 289 g/mol. The third kappa shape index (κ3) is 3.34. The fourth-order valence-electron chi connectivity index (χ4n) is 2.15. The maximum absolute atomic E-state index is 12.7. The van der Waals surface area contributed by atoms with Crippen molar-refractivity contribution in [2.75, 3.05) is 13.1 Å². The Morgan fingerprint density at radius 3 is 2.52 bits per heavy atom. The molecule has 0 radical (unpaired) electrons. The summed E-state index contributed by atoms with van der Waals surface area (Å²) < 4.78 is 39.2. The minimum absolute atomic E-state index is 0.157. The van der Waals surface area contributed by atoms with Crippen molar-refractivity contribution in [2.24, 2.45) is 5.41 Å². The van der Waals surface area contributed by atoms with E-state index < -0.39 is 23.4 Å². The molecule has 21 heavy (non-hydrogen) atoms. The molecule has 0 atom stereocenters. The lowest BCUT2D eigenvalue weighted by molar-refractivity contribution is -0.149. The van der Waals surface area contributed by atoms with Crippen molar-refractivity contribution in [3.8, 4) is 0 Å². The standard InChI is InChI=1S/C12H17F3N4O2/c1-11(2,10(20)21)3-4-18-5-6-19-8(7-18)16-17-9(19)12(13,14)15/h3-7H2,1-2H3,(H,20,21). The van der Waals surface area contributed by atoms with Crippen molar-refractivity contribution >= 4 is 5.97 Å². The first kappa shape index (κ1) is 15.7. The van der Waals surface area contributed by atoms with Crippen molar-refractivity contribution in [1.82, 2.24) is 19.7 Å². The Labute approximate surface area is 119 Å². The Morgan fingerprint density at radius 1 is 1.29 bits per heavy atom. The number of halogens is 3. The maximum Gasteiger partial charge on any atom is 0.451 e. The second-order valence-corrected chi connectivity index (χ2v) is 5.80. The van der Waals surface area contributed by atoms with Crippen LogP contribution in [0.5, 0.6) is 0 Å². The van der Waals surface area contributed by atoms with E-state index in [1.165, 1.54) is 0 Å². The smallest absolute Gasteiger partial charge is 0.451 e. The Bertz CT molecular complexity index is 539. The van der Waals surface area contributed by atoms with E-state index in [4.69, 9.17) is 5.11 Å². The Hall–Kier alpha value is -1.64. The van der Waals surface area contributed by atoms with E-state index >= 15 is 0 Å². The summed E-state index contributed by atoms with van der Waals surface area (Å²) in [5.41, 5.74) is -0.859. The predicted octanol–water partition coefficient (Wildman–Crippen LogP) is 1.61. The van der Waals surface area contributed by atoms with Gasteiger partial charge in [0.25, 0.3) is 0 Å². The maximum atomic E-state index is 12.7. The van der Waals surface area contributed by atoms with Gasteiger partial charge in [0.15, 0.2) is 0 Å². The number of aliphatic carboxylic acids is 1. The first-order chi connectivity index (χ1) is 9.61. The van der Waals surface area contributed by atoms with E-state index in [1.807, 2.05) is 4.90 Å². The highest BCUT2D eigenvalue weighted by Gasteiger charge is 2.39. The zero-order valence-corrected chi connectivity index (χ0v) is 11.8. The molecule has 0 saturated carbocycles. The molecule has 1 aromatic rings. The third-order valence-electron chi connectivity index (χ3n) is 3.72. The number of aromatic nitrogens is 3. The SMILES string of the molecule is CC(C)(CCN1CCn2c(nnc2C(F)(F)F)C1)C(=O)O. The number of nitrogens with zero attached hydrogens (tertiary/aromatic N) is 4. The number of carboxylic acid groups (broad SMARTS) is 1. The predicted molar refractivity (Wildman–Crippen MR) is 66.3 cm³/mol. The van der Waals surface area contributed by atoms with Gasteiger partial charge in [-0.3, -0.25) is 9.69 Å². The number of alkyl halides is 3. The summed E-state index contributed by atoms with van der Waals surface area (Å²) in [5.74, 6) is -1.59. The molecule has 0 saturated heterocycles. The van der Waals surface area contributed by atoms with Crippen LogP contribution in [0.2, 0.25) is 0 Å². The number of fused-ring (bicyclic) bond motifs is 1. The number of carboxylic acids is 1. The molecule has 1 aliphatic heterocycles. The van der Waals surface area contributed by atoms with Crippen molar-refractivity contribution in [3.05, 3.63) is 11.6 Å². The monoisotopic (exact) mass is 306 g/mol. The molecule has 0 fully saturated rings. The summed E-state index contributed by atoms with van der Waals surface area (Å²) in [5, 5.41) is 15.8. The molecule has 2 rings (SSSR count). The normalized spacial score (nSPS) is 16.8. The van der Waals surface area contributed by atoms with Gasteiger partial charge in [0.2, 0.25) is 5.82 Å². The molecule has 2 heterocycles. The van der Waals surface area contributed by atoms with Gasteiger partial charge in [-0.05, 0) is 26.8 Å². The van der Waals surface area contributed by atoms with Crippen molar-refractivity contribution in [2.45, 2.75) is 39.5 Å². The Morgan fingerprint density at radius 2 is 1.95 bits per heavy atom. The summed E-state index contributed by atoms with van der Waals surface area (Å²) in [7, 11) is 0. The van der Waals surface area contributed by atoms with Gasteiger partial charge in [-0.15, -0.1) is 10.2 Å². The van der Waals surface area contributed by atoms with E-state index in [2.05, 4.69) is 10.2 Å². The van der Waals surface area contributed by atoms with Gasteiger partial charge in [0.05, 0.1) is 12.0 Å². The van der Waals surface area contributed by atoms with Crippen LogP contribution in [-0.2, 0) is 24.1 Å². The lowest BCUT2D eigenvalue weighted by atomic mass is 9.89. The van der Waals surface area contributed by atoms with Gasteiger partial charge in [-0.1, -0.05) is 0 Å². The van der Waals surface area contributed by atoms with Crippen LogP contribution in [-0.4, -0.2) is 43.8 Å². The van der Waals surface area contributed by atoms with E-state index in [0.29, 0.717) is 19.5 Å². The number of carbonyl (C=O) groups is 1. The summed E-state index contributed by atoms with van der Waals surface area (Å²) in [6.07, 6.45) is -4.08. The van der Waals surface area contributed by atoms with Crippen LogP contribution >= 0.6 is 0 Å². The minimum atomic E-state index is -4.50. The Balaban J connectivity index is 2.01. The highest BCUT2D eigenvalue weighted by atomic mass is 19.4. The summed E-state index contributed by atoms with van der Waals surface area (Å²) in [4.78, 5) is 12.9. The molecule has 9 heteroatoms. The molecule has 0 spiro atoms. The number of hydrogen-bond acceptors (Lipinski definition) is 4. The molecule has 1 aromatic heterocycles. The van der Waals surface area contributed by atoms with E-state index in [0.717, 1.165) is 4.57 Å². The van der Waals surface area contributed by atoms with Crippen molar-refractivity contribution in [3.63, 3.8) is 0 Å². The molecule has 0 aromatic carbocycles. The minimum Gasteiger partial charge on any atom is -0.481 e. The Kier molecular flexibility index (Phi) is 3.96. The fraction of sp³-hybridized carbons (Fsp3) is 0.750. The molecule has 0 aliphatic carbocycles. The summed E-state index contributed by atoms with van der Waals surface area (Å²) in [6, 6.07) is 0. The molecule has 0 bridgehead atoms. The topological polar surface area (TPSA) is 71.2 Å². The highest BCUT2D eigenvalue weighted by molar-refractivity contribution is 5.73. The molecule has 1 N–H and O–H groups in total. The zero-order chi connectivity index (χ0) is 15.8. The van der Waals surface area contributed by atoms with E-state index in [1.54, 1.807) is 13.8 Å². The fourth-order valence-corrected chi connectivity index (χ4v) is 2.15. The quantitative estimate of drug-likeness (QED) is 0.915. The summed E-state index contributed by atoms with van der Waals surface area (Å²) in [6.45, 7) is 4.58. The second kappa shape index (κ2) is 5.28. The molecule has 0 amide bonds. The van der Waals surface area contributed by atoms with Gasteiger partial charge < -0.3 is 9.67 Å². The molecule has 118 valence electrons. The lowest BCUT2D eigenvalue weighted by Crippen LogP contribution is -2.38. The van der Waals surface area contributed by atoms with E-state index in [-0.39, 0.29) is 18.9 Å². The van der Waals surface area contributed by atoms with Crippen LogP contribution in [0.25, 0.3) is 0 Å². The van der Waals surface area contributed by atoms with Crippen LogP contribution in [0.1, 0.15) is 31.9 Å². The highest BCUT2D eigenvalue weighted by Crippen LogP contribution is 2.29. The number of hydrogen-bond donors (Lipinski definition) is 1. The van der Waals surface area contributed by atoms with Crippen LogP contribution in [0.3, 0.4) is 0 Å². The van der Waals surface area contributed by atoms with Crippen LogP contribution in [0, 0.1) is 5.41 Å². The molecule has 0 unspecified atom stereocenters. The first-order valence-electron chi connectivity index (χ1n) is 6.56. The number of rotatable bonds is 4. The zero-order valence-electron chi connectivity index (χ0n) is 11.8. The van der Waals surface area contributed by atoms with Crippen molar-refractivity contribution < 1.29 is 23.1 Å². The van der Waals surface area contributed by atoms with Crippen LogP contribution in [0.15, 0.2) is 0 Å². The van der Waals surface area contributed by atoms with Gasteiger partial charge in [0.1, 0.15) is 5.82 Å². The average Bonchev–Trinajstić information content (AvgIpc) is 2.79. The molecule has 1 aliphatic rings. The largest absolute Gasteiger partial charge is 0.481 e. The van der Waals surface area contributed by atoms with E-state index in [9.17, 15) is 18.0 Å².